The molecule has 0 bridgehead atoms. The molecule has 7 nitrogen and oxygen atoms in total. The van der Waals surface area contributed by atoms with Crippen LogP contribution in [0.25, 0.3) is 6.08 Å². The highest BCUT2D eigenvalue weighted by atomic mass is 16.5. The number of benzene rings is 1. The first kappa shape index (κ1) is 12.5. The second kappa shape index (κ2) is 4.53. The van der Waals surface area contributed by atoms with Gasteiger partial charge in [-0.2, -0.15) is 4.99 Å². The molecule has 0 spiro atoms. The Morgan fingerprint density at radius 2 is 2.15 bits per heavy atom. The lowest BCUT2D eigenvalue weighted by Crippen LogP contribution is -2.43. The van der Waals surface area contributed by atoms with Gasteiger partial charge in [-0.05, 0) is 6.08 Å². The van der Waals surface area contributed by atoms with Gasteiger partial charge in [0.1, 0.15) is 22.8 Å². The van der Waals surface area contributed by atoms with E-state index in [1.807, 2.05) is 0 Å². The van der Waals surface area contributed by atoms with Crippen LogP contribution in [0.5, 0.6) is 17.2 Å². The molecule has 0 saturated carbocycles. The predicted octanol–water partition coefficient (Wildman–Crippen LogP) is 0.284. The van der Waals surface area contributed by atoms with Crippen LogP contribution in [-0.2, 0) is 4.79 Å². The molecule has 20 heavy (non-hydrogen) atoms. The third-order valence-electron chi connectivity index (χ3n) is 3.00. The van der Waals surface area contributed by atoms with Gasteiger partial charge in [0.15, 0.2) is 0 Å². The number of fused-ring (bicyclic) bond motifs is 2. The normalized spacial score (nSPS) is 19.8. The fourth-order valence-corrected chi connectivity index (χ4v) is 2.05. The van der Waals surface area contributed by atoms with Gasteiger partial charge in [-0.25, -0.2) is 0 Å². The summed E-state index contributed by atoms with van der Waals surface area (Å²) in [7, 11) is 3.04. The number of aliphatic imine (C=N–C) groups is 1. The molecule has 0 saturated heterocycles. The van der Waals surface area contributed by atoms with E-state index in [0.717, 1.165) is 0 Å². The predicted molar refractivity (Wildman–Crippen MR) is 69.7 cm³/mol. The molecule has 1 unspecified atom stereocenters. The van der Waals surface area contributed by atoms with Crippen LogP contribution in [0.15, 0.2) is 22.7 Å². The summed E-state index contributed by atoms with van der Waals surface area (Å²) >= 11 is 0. The van der Waals surface area contributed by atoms with Crippen molar-refractivity contribution in [1.29, 1.82) is 0 Å². The Hall–Kier alpha value is -2.54. The van der Waals surface area contributed by atoms with Gasteiger partial charge in [-0.1, -0.05) is 0 Å². The van der Waals surface area contributed by atoms with Crippen molar-refractivity contribution in [2.24, 2.45) is 4.99 Å². The van der Waals surface area contributed by atoms with Crippen LogP contribution < -0.4 is 19.5 Å². The van der Waals surface area contributed by atoms with Crippen molar-refractivity contribution in [3.05, 3.63) is 23.3 Å². The Morgan fingerprint density at radius 3 is 2.85 bits per heavy atom. The maximum Gasteiger partial charge on any atom is 0.260 e. The Morgan fingerprint density at radius 1 is 1.35 bits per heavy atom. The molecule has 0 aromatic heterocycles. The van der Waals surface area contributed by atoms with Crippen molar-refractivity contribution >= 4 is 17.9 Å². The first-order chi connectivity index (χ1) is 9.62. The average Bonchev–Trinajstić information content (AvgIpc) is 2.44. The molecule has 7 heteroatoms. The van der Waals surface area contributed by atoms with E-state index in [4.69, 9.17) is 14.2 Å². The fraction of sp³-hybridized carbons (Fsp3) is 0.231. The number of rotatable bonds is 2. The minimum Gasteiger partial charge on any atom is -0.496 e. The summed E-state index contributed by atoms with van der Waals surface area (Å²) < 4.78 is 16.0. The third-order valence-corrected chi connectivity index (χ3v) is 3.00. The summed E-state index contributed by atoms with van der Waals surface area (Å²) in [6.45, 7) is 0. The van der Waals surface area contributed by atoms with Crippen molar-refractivity contribution in [3.63, 3.8) is 0 Å². The van der Waals surface area contributed by atoms with Crippen molar-refractivity contribution in [3.8, 4) is 17.2 Å². The number of amides is 1. The zero-order valence-corrected chi connectivity index (χ0v) is 10.8. The Bertz CT molecular complexity index is 650. The van der Waals surface area contributed by atoms with Gasteiger partial charge in [0.2, 0.25) is 12.2 Å². The van der Waals surface area contributed by atoms with Gasteiger partial charge in [0, 0.05) is 12.1 Å². The molecule has 1 aromatic carbocycles. The van der Waals surface area contributed by atoms with Crippen LogP contribution in [0.2, 0.25) is 0 Å². The number of ether oxygens (including phenoxy) is 3. The molecule has 2 aliphatic heterocycles. The highest BCUT2D eigenvalue weighted by molar-refractivity contribution is 6.24. The topological polar surface area (TPSA) is 89.4 Å². The van der Waals surface area contributed by atoms with Gasteiger partial charge >= 0.3 is 0 Å². The number of aliphatic hydroxyl groups excluding tert-OH is 1. The zero-order valence-electron chi connectivity index (χ0n) is 10.8. The van der Waals surface area contributed by atoms with E-state index in [9.17, 15) is 9.90 Å². The fourth-order valence-electron chi connectivity index (χ4n) is 2.05. The van der Waals surface area contributed by atoms with Gasteiger partial charge in [-0.15, -0.1) is 0 Å². The first-order valence-corrected chi connectivity index (χ1v) is 5.85. The number of carbonyl (C=O) groups is 1. The lowest BCUT2D eigenvalue weighted by atomic mass is 10.0. The molecule has 3 rings (SSSR count). The van der Waals surface area contributed by atoms with Gasteiger partial charge < -0.3 is 24.6 Å². The highest BCUT2D eigenvalue weighted by Gasteiger charge is 2.31. The maximum atomic E-state index is 11.8. The van der Waals surface area contributed by atoms with E-state index in [0.29, 0.717) is 22.8 Å². The lowest BCUT2D eigenvalue weighted by molar-refractivity contribution is -0.120. The molecule has 2 heterocycles. The molecule has 1 amide bonds. The van der Waals surface area contributed by atoms with Gasteiger partial charge in [-0.3, -0.25) is 4.79 Å². The number of hydrogen-bond acceptors (Lipinski definition) is 6. The van der Waals surface area contributed by atoms with Crippen LogP contribution in [0.4, 0.5) is 0 Å². The van der Waals surface area contributed by atoms with E-state index in [1.165, 1.54) is 14.2 Å². The summed E-state index contributed by atoms with van der Waals surface area (Å²) in [5.41, 5.74) is 0.861. The standard InChI is InChI=1S/C13H12N2O5/c1-18-6-3-9(19-2)7-5-8-11(16)14-13(17)15-12(8)20-10(7)4-6/h3-5,13,17H,1-2H3,(H,14,16). The number of aliphatic hydroxyl groups is 1. The van der Waals surface area contributed by atoms with Crippen LogP contribution in [0, 0.1) is 0 Å². The molecule has 104 valence electrons. The molecular weight excluding hydrogens is 264 g/mol. The van der Waals surface area contributed by atoms with Crippen molar-refractivity contribution in [1.82, 2.24) is 5.32 Å². The molecule has 0 aliphatic carbocycles. The smallest absolute Gasteiger partial charge is 0.260 e. The quantitative estimate of drug-likeness (QED) is 0.810. The van der Waals surface area contributed by atoms with E-state index in [-0.39, 0.29) is 11.5 Å². The summed E-state index contributed by atoms with van der Waals surface area (Å²) in [4.78, 5) is 15.6. The summed E-state index contributed by atoms with van der Waals surface area (Å²) in [5.74, 6) is 1.14. The molecular formula is C13H12N2O5. The van der Waals surface area contributed by atoms with Crippen molar-refractivity contribution in [2.45, 2.75) is 6.35 Å². The van der Waals surface area contributed by atoms with Crippen LogP contribution >= 0.6 is 0 Å². The van der Waals surface area contributed by atoms with Crippen molar-refractivity contribution < 1.29 is 24.1 Å². The summed E-state index contributed by atoms with van der Waals surface area (Å²) in [6, 6.07) is 3.35. The SMILES string of the molecule is COc1cc(OC)c2c(c1)OC1=NC(O)NC(=O)C1=C2. The molecule has 1 atom stereocenters. The highest BCUT2D eigenvalue weighted by Crippen LogP contribution is 2.39. The second-order valence-corrected chi connectivity index (χ2v) is 4.18. The number of hydrogen-bond donors (Lipinski definition) is 2. The summed E-state index contributed by atoms with van der Waals surface area (Å²) in [5, 5.41) is 11.7. The first-order valence-electron chi connectivity index (χ1n) is 5.85. The van der Waals surface area contributed by atoms with Crippen molar-refractivity contribution in [2.75, 3.05) is 14.2 Å². The molecule has 2 aliphatic rings. The van der Waals surface area contributed by atoms with Crippen LogP contribution in [0.3, 0.4) is 0 Å². The Balaban J connectivity index is 2.17. The van der Waals surface area contributed by atoms with E-state index in [2.05, 4.69) is 10.3 Å². The third kappa shape index (κ3) is 1.88. The van der Waals surface area contributed by atoms with E-state index < -0.39 is 12.3 Å². The maximum absolute atomic E-state index is 11.8. The Labute approximate surface area is 114 Å². The zero-order chi connectivity index (χ0) is 14.3. The summed E-state index contributed by atoms with van der Waals surface area (Å²) in [6.07, 6.45) is 0.306. The Kier molecular flexibility index (Phi) is 2.83. The molecule has 2 N–H and O–H groups in total. The average molecular weight is 276 g/mol. The number of nitrogens with one attached hydrogen (secondary N) is 1. The molecule has 0 fully saturated rings. The lowest BCUT2D eigenvalue weighted by Gasteiger charge is -2.25. The number of methoxy groups -OCH3 is 2. The van der Waals surface area contributed by atoms with Gasteiger partial charge in [0.25, 0.3) is 5.91 Å². The number of carbonyl (C=O) groups excluding carboxylic acids is 1. The largest absolute Gasteiger partial charge is 0.496 e. The number of nitrogens with zero attached hydrogens (tertiary/aromatic N) is 1. The van der Waals surface area contributed by atoms with E-state index in [1.54, 1.807) is 18.2 Å². The van der Waals surface area contributed by atoms with Crippen LogP contribution in [-0.4, -0.2) is 37.5 Å². The minimum absolute atomic E-state index is 0.0732. The molecule has 1 aromatic rings. The van der Waals surface area contributed by atoms with Gasteiger partial charge in [0.05, 0.1) is 19.8 Å². The molecule has 0 radical (unpaired) electrons. The van der Waals surface area contributed by atoms with E-state index >= 15 is 0 Å². The minimum atomic E-state index is -1.30. The monoisotopic (exact) mass is 276 g/mol. The second-order valence-electron chi connectivity index (χ2n) is 4.18. The van der Waals surface area contributed by atoms with Crippen LogP contribution in [0.1, 0.15) is 5.56 Å².